The first kappa shape index (κ1) is 16.3. The fraction of sp³-hybridized carbons (Fsp3) is 0.625. The molecule has 21 heavy (non-hydrogen) atoms. The van der Waals surface area contributed by atoms with Gasteiger partial charge in [-0.2, -0.15) is 4.31 Å². The maximum atomic E-state index is 12.9. The van der Waals surface area contributed by atoms with Gasteiger partial charge < -0.3 is 4.74 Å². The Balaban J connectivity index is 2.42. The van der Waals surface area contributed by atoms with Crippen LogP contribution >= 0.6 is 0 Å². The van der Waals surface area contributed by atoms with Gasteiger partial charge in [-0.25, -0.2) is 8.42 Å². The lowest BCUT2D eigenvalue weighted by Gasteiger charge is -2.27. The summed E-state index contributed by atoms with van der Waals surface area (Å²) in [5.74, 6) is 0.491. The van der Waals surface area contributed by atoms with E-state index in [-0.39, 0.29) is 0 Å². The molecule has 4 nitrogen and oxygen atoms in total. The van der Waals surface area contributed by atoms with Crippen molar-refractivity contribution < 1.29 is 13.2 Å². The Bertz CT molecular complexity index is 590. The lowest BCUT2D eigenvalue weighted by Crippen LogP contribution is -2.35. The standard InChI is InChI=1S/C16H25NO3S/c1-4-10-20-15-11-13(2)14(3)12-16(15)21(18,19)17-8-6-5-7-9-17/h11-12H,4-10H2,1-3H3. The minimum atomic E-state index is -3.45. The van der Waals surface area contributed by atoms with E-state index in [9.17, 15) is 8.42 Å². The summed E-state index contributed by atoms with van der Waals surface area (Å²) in [5.41, 5.74) is 2.04. The Morgan fingerprint density at radius 3 is 2.33 bits per heavy atom. The van der Waals surface area contributed by atoms with Crippen molar-refractivity contribution in [2.75, 3.05) is 19.7 Å². The van der Waals surface area contributed by atoms with E-state index in [4.69, 9.17) is 4.74 Å². The zero-order chi connectivity index (χ0) is 15.5. The summed E-state index contributed by atoms with van der Waals surface area (Å²) >= 11 is 0. The highest BCUT2D eigenvalue weighted by atomic mass is 32.2. The predicted molar refractivity (Wildman–Crippen MR) is 84.3 cm³/mol. The van der Waals surface area contributed by atoms with Crippen LogP contribution in [0.4, 0.5) is 0 Å². The second-order valence-electron chi connectivity index (χ2n) is 5.70. The number of benzene rings is 1. The van der Waals surface area contributed by atoms with E-state index in [0.29, 0.717) is 30.3 Å². The maximum absolute atomic E-state index is 12.9. The molecule has 0 radical (unpaired) electrons. The van der Waals surface area contributed by atoms with Crippen LogP contribution in [-0.2, 0) is 10.0 Å². The van der Waals surface area contributed by atoms with Crippen molar-refractivity contribution >= 4 is 10.0 Å². The Morgan fingerprint density at radius 2 is 1.71 bits per heavy atom. The van der Waals surface area contributed by atoms with Crippen molar-refractivity contribution in [3.8, 4) is 5.75 Å². The molecule has 1 aromatic carbocycles. The molecule has 118 valence electrons. The monoisotopic (exact) mass is 311 g/mol. The first-order valence-electron chi connectivity index (χ1n) is 7.71. The topological polar surface area (TPSA) is 46.6 Å². The van der Waals surface area contributed by atoms with E-state index < -0.39 is 10.0 Å². The summed E-state index contributed by atoms with van der Waals surface area (Å²) in [6, 6.07) is 3.60. The van der Waals surface area contributed by atoms with E-state index in [1.807, 2.05) is 26.8 Å². The Kier molecular flexibility index (Phi) is 5.27. The number of ether oxygens (including phenoxy) is 1. The minimum absolute atomic E-state index is 0.320. The van der Waals surface area contributed by atoms with Gasteiger partial charge in [0.1, 0.15) is 10.6 Å². The van der Waals surface area contributed by atoms with Crippen molar-refractivity contribution in [1.82, 2.24) is 4.31 Å². The van der Waals surface area contributed by atoms with Crippen LogP contribution in [0.15, 0.2) is 17.0 Å². The lowest BCUT2D eigenvalue weighted by atomic mass is 10.1. The highest BCUT2D eigenvalue weighted by Crippen LogP contribution is 2.31. The van der Waals surface area contributed by atoms with E-state index >= 15 is 0 Å². The number of sulfonamides is 1. The third kappa shape index (κ3) is 3.58. The van der Waals surface area contributed by atoms with Crippen LogP contribution in [0.3, 0.4) is 0 Å². The van der Waals surface area contributed by atoms with Gasteiger partial charge in [-0.05, 0) is 56.4 Å². The van der Waals surface area contributed by atoms with Gasteiger partial charge in [0, 0.05) is 13.1 Å². The molecular weight excluding hydrogens is 286 g/mol. The summed E-state index contributed by atoms with van der Waals surface area (Å²) < 4.78 is 33.1. The van der Waals surface area contributed by atoms with Crippen molar-refractivity contribution in [2.24, 2.45) is 0 Å². The van der Waals surface area contributed by atoms with Gasteiger partial charge in [0.2, 0.25) is 10.0 Å². The van der Waals surface area contributed by atoms with Crippen LogP contribution in [0.25, 0.3) is 0 Å². The number of nitrogens with zero attached hydrogens (tertiary/aromatic N) is 1. The molecule has 5 heteroatoms. The third-order valence-electron chi connectivity index (χ3n) is 3.95. The molecule has 1 aromatic rings. The SMILES string of the molecule is CCCOc1cc(C)c(C)cc1S(=O)(=O)N1CCCCC1. The molecule has 1 saturated heterocycles. The molecule has 0 amide bonds. The Hall–Kier alpha value is -1.07. The molecule has 1 fully saturated rings. The molecule has 0 aliphatic carbocycles. The van der Waals surface area contributed by atoms with Crippen molar-refractivity contribution in [3.05, 3.63) is 23.3 Å². The number of rotatable bonds is 5. The summed E-state index contributed by atoms with van der Waals surface area (Å²) in [6.07, 6.45) is 3.85. The van der Waals surface area contributed by atoms with Gasteiger partial charge in [-0.15, -0.1) is 0 Å². The van der Waals surface area contributed by atoms with Crippen LogP contribution in [-0.4, -0.2) is 32.4 Å². The highest BCUT2D eigenvalue weighted by Gasteiger charge is 2.29. The van der Waals surface area contributed by atoms with Gasteiger partial charge in [0.05, 0.1) is 6.61 Å². The fourth-order valence-electron chi connectivity index (χ4n) is 2.53. The summed E-state index contributed by atoms with van der Waals surface area (Å²) in [6.45, 7) is 7.69. The van der Waals surface area contributed by atoms with E-state index in [0.717, 1.165) is 36.8 Å². The summed E-state index contributed by atoms with van der Waals surface area (Å²) in [5, 5.41) is 0. The molecule has 0 atom stereocenters. The molecule has 1 aliphatic rings. The zero-order valence-electron chi connectivity index (χ0n) is 13.2. The molecule has 1 aliphatic heterocycles. The van der Waals surface area contributed by atoms with Crippen molar-refractivity contribution in [3.63, 3.8) is 0 Å². The Morgan fingerprint density at radius 1 is 1.10 bits per heavy atom. The maximum Gasteiger partial charge on any atom is 0.246 e. The largest absolute Gasteiger partial charge is 0.492 e. The van der Waals surface area contributed by atoms with Crippen LogP contribution in [0.2, 0.25) is 0 Å². The molecule has 1 heterocycles. The van der Waals surface area contributed by atoms with Crippen molar-refractivity contribution in [2.45, 2.75) is 51.3 Å². The highest BCUT2D eigenvalue weighted by molar-refractivity contribution is 7.89. The van der Waals surface area contributed by atoms with Gasteiger partial charge in [-0.3, -0.25) is 0 Å². The number of hydrogen-bond donors (Lipinski definition) is 0. The number of aryl methyl sites for hydroxylation is 2. The third-order valence-corrected chi connectivity index (χ3v) is 5.87. The molecule has 0 bridgehead atoms. The number of hydrogen-bond acceptors (Lipinski definition) is 3. The molecule has 0 unspecified atom stereocenters. The normalized spacial score (nSPS) is 16.9. The quantitative estimate of drug-likeness (QED) is 0.838. The van der Waals surface area contributed by atoms with E-state index in [1.165, 1.54) is 0 Å². The van der Waals surface area contributed by atoms with E-state index in [2.05, 4.69) is 0 Å². The summed E-state index contributed by atoms with van der Waals surface area (Å²) in [4.78, 5) is 0.320. The first-order chi connectivity index (χ1) is 9.96. The van der Waals surface area contributed by atoms with Crippen LogP contribution in [0.1, 0.15) is 43.7 Å². The molecular formula is C16H25NO3S. The average Bonchev–Trinajstić information content (AvgIpc) is 2.48. The molecule has 0 spiro atoms. The summed E-state index contributed by atoms with van der Waals surface area (Å²) in [7, 11) is -3.45. The van der Waals surface area contributed by atoms with E-state index in [1.54, 1.807) is 10.4 Å². The Labute approximate surface area is 128 Å². The zero-order valence-corrected chi connectivity index (χ0v) is 14.0. The molecule has 0 aromatic heterocycles. The van der Waals surface area contributed by atoms with Crippen LogP contribution in [0.5, 0.6) is 5.75 Å². The van der Waals surface area contributed by atoms with Gasteiger partial charge in [0.15, 0.2) is 0 Å². The molecule has 2 rings (SSSR count). The van der Waals surface area contributed by atoms with Gasteiger partial charge in [0.25, 0.3) is 0 Å². The van der Waals surface area contributed by atoms with Crippen LogP contribution in [0, 0.1) is 13.8 Å². The molecule has 0 saturated carbocycles. The van der Waals surface area contributed by atoms with Gasteiger partial charge in [-0.1, -0.05) is 13.3 Å². The second kappa shape index (κ2) is 6.79. The predicted octanol–water partition coefficient (Wildman–Crippen LogP) is 3.27. The van der Waals surface area contributed by atoms with Gasteiger partial charge >= 0.3 is 0 Å². The minimum Gasteiger partial charge on any atom is -0.492 e. The van der Waals surface area contributed by atoms with Crippen molar-refractivity contribution in [1.29, 1.82) is 0 Å². The number of piperidine rings is 1. The second-order valence-corrected chi connectivity index (χ2v) is 7.60. The first-order valence-corrected chi connectivity index (χ1v) is 9.15. The fourth-order valence-corrected chi connectivity index (χ4v) is 4.25. The smallest absolute Gasteiger partial charge is 0.246 e. The average molecular weight is 311 g/mol. The molecule has 0 N–H and O–H groups in total. The lowest BCUT2D eigenvalue weighted by molar-refractivity contribution is 0.304. The van der Waals surface area contributed by atoms with Crippen LogP contribution < -0.4 is 4.74 Å².